The lowest BCUT2D eigenvalue weighted by Gasteiger charge is -2.19. The van der Waals surface area contributed by atoms with Crippen LogP contribution in [0.1, 0.15) is 206 Å². The SMILES string of the molecule is CC(C)C1C=CCC1.CC(C)C1C=CCCC1.CC(C)C1C=CCCCC1.CC(C)c1ccc(Cl)cc1.CC(C)c1ccc([N+](=O)[O-])cc1.COc1ccc(C(C)C)cc1.Cc1ccc(C(C)C)cc1. The summed E-state index contributed by atoms with van der Waals surface area (Å²) in [6.45, 7) is 33.2. The number of rotatable bonds is 9. The third-order valence-electron chi connectivity index (χ3n) is 13.3. The number of ether oxygens (including phenoxy) is 1. The summed E-state index contributed by atoms with van der Waals surface area (Å²) in [7, 11) is 1.68. The highest BCUT2D eigenvalue weighted by Gasteiger charge is 2.13. The average Bonchev–Trinajstić information content (AvgIpc) is 3.76. The van der Waals surface area contributed by atoms with Gasteiger partial charge in [0.05, 0.1) is 12.0 Å². The molecule has 0 aromatic heterocycles. The van der Waals surface area contributed by atoms with Gasteiger partial charge in [-0.15, -0.1) is 0 Å². The lowest BCUT2D eigenvalue weighted by molar-refractivity contribution is -0.384. The number of methoxy groups -OCH3 is 1. The molecule has 0 saturated carbocycles. The van der Waals surface area contributed by atoms with Gasteiger partial charge in [-0.1, -0.05) is 218 Å². The largest absolute Gasteiger partial charge is 0.497 e. The van der Waals surface area contributed by atoms with Gasteiger partial charge in [0, 0.05) is 17.2 Å². The van der Waals surface area contributed by atoms with E-state index in [1.54, 1.807) is 19.2 Å². The van der Waals surface area contributed by atoms with Crippen LogP contribution in [0.2, 0.25) is 5.02 Å². The number of hydrogen-bond acceptors (Lipinski definition) is 3. The first-order valence-electron chi connectivity index (χ1n) is 26.9. The van der Waals surface area contributed by atoms with Gasteiger partial charge in [-0.2, -0.15) is 0 Å². The molecule has 0 amide bonds. The van der Waals surface area contributed by atoms with Crippen LogP contribution in [0, 0.1) is 52.5 Å². The maximum Gasteiger partial charge on any atom is 0.269 e. The molecule has 3 unspecified atom stereocenters. The third-order valence-corrected chi connectivity index (χ3v) is 13.5. The van der Waals surface area contributed by atoms with Gasteiger partial charge in [-0.05, 0) is 164 Å². The Morgan fingerprint density at radius 1 is 0.471 bits per heavy atom. The Hall–Kier alpha value is -4.41. The van der Waals surface area contributed by atoms with Gasteiger partial charge >= 0.3 is 0 Å². The van der Waals surface area contributed by atoms with E-state index in [1.807, 2.05) is 24.3 Å². The van der Waals surface area contributed by atoms with Crippen LogP contribution in [0.25, 0.3) is 0 Å². The predicted octanol–water partition coefficient (Wildman–Crippen LogP) is 21.1. The van der Waals surface area contributed by atoms with Gasteiger partial charge in [0.15, 0.2) is 0 Å². The average molecular weight is 977 g/mol. The first-order valence-corrected chi connectivity index (χ1v) is 27.2. The minimum atomic E-state index is -0.385. The molecular weight excluding hydrogens is 878 g/mol. The molecule has 388 valence electrons. The summed E-state index contributed by atoms with van der Waals surface area (Å²) >= 11 is 5.72. The monoisotopic (exact) mass is 976 g/mol. The van der Waals surface area contributed by atoms with Gasteiger partial charge < -0.3 is 4.74 Å². The highest BCUT2D eigenvalue weighted by Crippen LogP contribution is 2.26. The summed E-state index contributed by atoms with van der Waals surface area (Å²) in [6, 6.07) is 31.5. The van der Waals surface area contributed by atoms with E-state index in [-0.39, 0.29) is 10.6 Å². The zero-order valence-corrected chi connectivity index (χ0v) is 47.6. The summed E-state index contributed by atoms with van der Waals surface area (Å²) < 4.78 is 5.05. The molecule has 0 aliphatic heterocycles. The summed E-state index contributed by atoms with van der Waals surface area (Å²) in [4.78, 5) is 9.90. The molecule has 0 bridgehead atoms. The van der Waals surface area contributed by atoms with Crippen LogP contribution < -0.4 is 4.74 Å². The Morgan fingerprint density at radius 2 is 0.814 bits per heavy atom. The topological polar surface area (TPSA) is 52.4 Å². The number of benzene rings is 4. The summed E-state index contributed by atoms with van der Waals surface area (Å²) in [5.74, 6) is 8.36. The minimum Gasteiger partial charge on any atom is -0.497 e. The fraction of sp³-hybridized carbons (Fsp3) is 0.538. The van der Waals surface area contributed by atoms with Crippen molar-refractivity contribution >= 4 is 17.3 Å². The summed E-state index contributed by atoms with van der Waals surface area (Å²) in [5, 5.41) is 11.1. The fourth-order valence-corrected chi connectivity index (χ4v) is 8.07. The van der Waals surface area contributed by atoms with E-state index < -0.39 is 0 Å². The molecule has 3 atom stereocenters. The Bertz CT molecular complexity index is 1950. The number of hydrogen-bond donors (Lipinski definition) is 0. The highest BCUT2D eigenvalue weighted by atomic mass is 35.5. The Labute approximate surface area is 435 Å². The molecule has 0 saturated heterocycles. The minimum absolute atomic E-state index is 0.152. The second kappa shape index (κ2) is 36.5. The highest BCUT2D eigenvalue weighted by molar-refractivity contribution is 6.30. The van der Waals surface area contributed by atoms with Gasteiger partial charge in [0.2, 0.25) is 0 Å². The van der Waals surface area contributed by atoms with Crippen LogP contribution >= 0.6 is 11.6 Å². The number of halogens is 1. The van der Waals surface area contributed by atoms with Crippen molar-refractivity contribution in [2.75, 3.05) is 7.11 Å². The number of nitro groups is 1. The zero-order valence-electron chi connectivity index (χ0n) is 46.9. The molecule has 70 heavy (non-hydrogen) atoms. The zero-order chi connectivity index (χ0) is 52.6. The Balaban J connectivity index is 0.000000409. The van der Waals surface area contributed by atoms with Gasteiger partial charge in [0.25, 0.3) is 5.69 Å². The van der Waals surface area contributed by atoms with E-state index in [1.165, 1.54) is 92.2 Å². The first kappa shape index (κ1) is 63.6. The van der Waals surface area contributed by atoms with Crippen molar-refractivity contribution in [3.8, 4) is 5.75 Å². The summed E-state index contributed by atoms with van der Waals surface area (Å²) in [5.41, 5.74) is 6.73. The number of non-ortho nitro benzene ring substituents is 1. The quantitative estimate of drug-likeness (QED) is 0.0954. The molecule has 0 radical (unpaired) electrons. The van der Waals surface area contributed by atoms with Crippen molar-refractivity contribution in [3.63, 3.8) is 0 Å². The van der Waals surface area contributed by atoms with Crippen LogP contribution in [-0.2, 0) is 0 Å². The molecule has 3 aliphatic carbocycles. The lowest BCUT2D eigenvalue weighted by Crippen LogP contribution is -2.07. The van der Waals surface area contributed by atoms with Crippen molar-refractivity contribution in [3.05, 3.63) is 176 Å². The number of nitrogens with zero attached hydrogens (tertiary/aromatic N) is 1. The van der Waals surface area contributed by atoms with Crippen LogP contribution in [-0.4, -0.2) is 12.0 Å². The molecule has 0 fully saturated rings. The molecule has 7 rings (SSSR count). The van der Waals surface area contributed by atoms with Crippen molar-refractivity contribution in [1.29, 1.82) is 0 Å². The second-order valence-electron chi connectivity index (χ2n) is 21.5. The first-order chi connectivity index (χ1) is 33.2. The maximum atomic E-state index is 10.3. The molecule has 4 aromatic carbocycles. The smallest absolute Gasteiger partial charge is 0.269 e. The van der Waals surface area contributed by atoms with Crippen LogP contribution in [0.15, 0.2) is 134 Å². The molecule has 0 heterocycles. The number of aryl methyl sites for hydroxylation is 1. The van der Waals surface area contributed by atoms with Crippen molar-refractivity contribution in [2.24, 2.45) is 35.5 Å². The normalized spacial score (nSPS) is 16.8. The predicted molar refractivity (Wildman–Crippen MR) is 309 cm³/mol. The molecular formula is C65H98ClNO3. The van der Waals surface area contributed by atoms with Crippen LogP contribution in [0.4, 0.5) is 5.69 Å². The van der Waals surface area contributed by atoms with E-state index in [0.717, 1.165) is 51.8 Å². The summed E-state index contributed by atoms with van der Waals surface area (Å²) in [6.07, 6.45) is 26.5. The van der Waals surface area contributed by atoms with E-state index in [9.17, 15) is 10.1 Å². The van der Waals surface area contributed by atoms with Gasteiger partial charge in [-0.25, -0.2) is 0 Å². The van der Waals surface area contributed by atoms with Crippen LogP contribution in [0.5, 0.6) is 5.75 Å². The van der Waals surface area contributed by atoms with Crippen molar-refractivity contribution in [2.45, 2.75) is 185 Å². The van der Waals surface area contributed by atoms with Crippen molar-refractivity contribution in [1.82, 2.24) is 0 Å². The molecule has 0 N–H and O–H groups in total. The molecule has 3 aliphatic rings. The van der Waals surface area contributed by atoms with E-state index in [4.69, 9.17) is 16.3 Å². The maximum absolute atomic E-state index is 10.3. The van der Waals surface area contributed by atoms with E-state index >= 15 is 0 Å². The number of allylic oxidation sites excluding steroid dienone is 6. The van der Waals surface area contributed by atoms with Gasteiger partial charge in [-0.3, -0.25) is 10.1 Å². The van der Waals surface area contributed by atoms with Gasteiger partial charge in [0.1, 0.15) is 5.75 Å². The fourth-order valence-electron chi connectivity index (χ4n) is 7.94. The molecule has 5 heteroatoms. The second-order valence-corrected chi connectivity index (χ2v) is 21.9. The number of nitro benzene ring substituents is 1. The Morgan fingerprint density at radius 3 is 1.17 bits per heavy atom. The van der Waals surface area contributed by atoms with E-state index in [2.05, 4.69) is 189 Å². The van der Waals surface area contributed by atoms with E-state index in [0.29, 0.717) is 23.7 Å². The molecule has 4 aromatic rings. The lowest BCUT2D eigenvalue weighted by atomic mass is 9.87. The van der Waals surface area contributed by atoms with Crippen molar-refractivity contribution < 1.29 is 9.66 Å². The van der Waals surface area contributed by atoms with Crippen LogP contribution in [0.3, 0.4) is 0 Å². The standard InChI is InChI=1S/C10H14O.C10H14.C10H18.C9H11Cl.C9H11NO2.C9H16.C8H14/c1-8(2)9-4-6-10(11-3)7-5-9;1-8(2)10-6-4-9(3)5-7-10;1-9(2)10-7-5-3-4-6-8-10;1-7(2)8-3-5-9(10)6-4-8;1-7(2)8-3-5-9(6-4-8)10(11)12;1-8(2)9-6-4-3-5-7-9;1-7(2)8-5-3-4-6-8/h4-8H,1-3H3;4-8H,1-3H3;5,7,9-10H,3-4,6,8H2,1-2H3;3-7H,1-2H3;3-7H,1-2H3;4,6,8-9H,3,5,7H2,1-2H3;3,5,7-8H,4,6H2,1-2H3. The molecule has 4 nitrogen and oxygen atoms in total. The third kappa shape index (κ3) is 28.4. The Kier molecular flexibility index (Phi) is 33.2. The molecule has 0 spiro atoms.